The number of fused-ring (bicyclic) bond motifs is 3. The second kappa shape index (κ2) is 8.92. The van der Waals surface area contributed by atoms with Crippen LogP contribution in [0.25, 0.3) is 0 Å². The van der Waals surface area contributed by atoms with E-state index in [-0.39, 0.29) is 0 Å². The van der Waals surface area contributed by atoms with E-state index >= 15 is 0 Å². The van der Waals surface area contributed by atoms with Crippen LogP contribution in [0.4, 0.5) is 13.2 Å². The molecular formula is C26H24F3N3O3S. The largest absolute Gasteiger partial charge is 0.502 e. The zero-order chi connectivity index (χ0) is 25.8. The summed E-state index contributed by atoms with van der Waals surface area (Å²) in [7, 11) is 0. The van der Waals surface area contributed by atoms with Crippen molar-refractivity contribution in [2.45, 2.75) is 49.2 Å². The van der Waals surface area contributed by atoms with Crippen molar-refractivity contribution in [2.75, 3.05) is 11.7 Å². The van der Waals surface area contributed by atoms with Crippen molar-refractivity contribution in [2.24, 2.45) is 0 Å². The SMILES string of the molecule is CCc1cccc2c1[C@@H](N1CN([C@H](C)C(F)(F)F)C(=O)c3c(O)c(=O)ccn31)c1ccccc1SC2. The fourth-order valence-corrected chi connectivity index (χ4v) is 6.03. The van der Waals surface area contributed by atoms with Gasteiger partial charge in [0.1, 0.15) is 12.7 Å². The lowest BCUT2D eigenvalue weighted by Gasteiger charge is -2.46. The summed E-state index contributed by atoms with van der Waals surface area (Å²) in [5.41, 5.74) is 2.60. The molecule has 0 bridgehead atoms. The van der Waals surface area contributed by atoms with Gasteiger partial charge in [-0.3, -0.25) is 19.3 Å². The first kappa shape index (κ1) is 24.3. The maximum atomic E-state index is 13.8. The first-order valence-corrected chi connectivity index (χ1v) is 12.5. The Labute approximate surface area is 209 Å². The Morgan fingerprint density at radius 2 is 1.86 bits per heavy atom. The molecule has 0 saturated heterocycles. The van der Waals surface area contributed by atoms with Crippen molar-refractivity contribution in [3.05, 3.63) is 92.9 Å². The monoisotopic (exact) mass is 515 g/mol. The summed E-state index contributed by atoms with van der Waals surface area (Å²) in [6.45, 7) is 2.53. The number of aromatic hydroxyl groups is 1. The summed E-state index contributed by atoms with van der Waals surface area (Å²) >= 11 is 1.64. The zero-order valence-electron chi connectivity index (χ0n) is 19.6. The number of amides is 1. The number of rotatable bonds is 3. The van der Waals surface area contributed by atoms with Crippen molar-refractivity contribution < 1.29 is 23.1 Å². The number of nitrogens with zero attached hydrogens (tertiary/aromatic N) is 3. The van der Waals surface area contributed by atoms with E-state index in [4.69, 9.17) is 0 Å². The molecule has 36 heavy (non-hydrogen) atoms. The molecule has 0 unspecified atom stereocenters. The fourth-order valence-electron chi connectivity index (χ4n) is 4.95. The molecule has 2 aromatic carbocycles. The van der Waals surface area contributed by atoms with E-state index in [1.54, 1.807) is 16.8 Å². The average molecular weight is 516 g/mol. The maximum Gasteiger partial charge on any atom is 0.408 e. The lowest BCUT2D eigenvalue weighted by atomic mass is 9.89. The van der Waals surface area contributed by atoms with Crippen LogP contribution in [0.15, 0.2) is 64.4 Å². The predicted molar refractivity (Wildman–Crippen MR) is 131 cm³/mol. The summed E-state index contributed by atoms with van der Waals surface area (Å²) in [6.07, 6.45) is -2.65. The standard InChI is InChI=1S/C26H24F3N3O3S/c1-3-16-7-6-8-17-13-36-20-10-5-4-9-18(20)22(21(16)17)32-14-30(15(2)26(27,28)29)25(35)23-24(34)19(33)11-12-31(23)32/h4-12,15,22,34H,3,13-14H2,1-2H3/t15-,22+/m1/s1. The highest BCUT2D eigenvalue weighted by atomic mass is 32.2. The van der Waals surface area contributed by atoms with Crippen LogP contribution >= 0.6 is 11.8 Å². The molecule has 3 aromatic rings. The van der Waals surface area contributed by atoms with Gasteiger partial charge in [0.2, 0.25) is 5.43 Å². The Bertz CT molecular complexity index is 1410. The van der Waals surface area contributed by atoms with Crippen molar-refractivity contribution in [1.29, 1.82) is 0 Å². The Morgan fingerprint density at radius 3 is 2.58 bits per heavy atom. The lowest BCUT2D eigenvalue weighted by molar-refractivity contribution is -0.173. The molecule has 188 valence electrons. The summed E-state index contributed by atoms with van der Waals surface area (Å²) in [4.78, 5) is 27.2. The number of carbonyl (C=O) groups excluding carboxylic acids is 1. The van der Waals surface area contributed by atoms with Crippen LogP contribution in [0.2, 0.25) is 0 Å². The van der Waals surface area contributed by atoms with Crippen LogP contribution in [0.5, 0.6) is 5.75 Å². The number of halogens is 3. The van der Waals surface area contributed by atoms with Gasteiger partial charge in [-0.2, -0.15) is 13.2 Å². The van der Waals surface area contributed by atoms with Crippen molar-refractivity contribution in [1.82, 2.24) is 9.58 Å². The van der Waals surface area contributed by atoms with E-state index in [0.29, 0.717) is 17.1 Å². The molecular weight excluding hydrogens is 491 g/mol. The van der Waals surface area contributed by atoms with Crippen LogP contribution in [0.3, 0.4) is 0 Å². The molecule has 5 rings (SSSR count). The highest BCUT2D eigenvalue weighted by molar-refractivity contribution is 7.98. The van der Waals surface area contributed by atoms with Gasteiger partial charge in [-0.05, 0) is 41.7 Å². The molecule has 2 atom stereocenters. The number of hydrogen-bond donors (Lipinski definition) is 1. The van der Waals surface area contributed by atoms with Crippen LogP contribution in [0, 0.1) is 0 Å². The number of aryl methyl sites for hydroxylation is 1. The normalized spacial score (nSPS) is 18.2. The Balaban J connectivity index is 1.81. The second-order valence-corrected chi connectivity index (χ2v) is 9.88. The number of pyridine rings is 1. The van der Waals surface area contributed by atoms with E-state index < -0.39 is 47.7 Å². The van der Waals surface area contributed by atoms with Crippen molar-refractivity contribution in [3.8, 4) is 5.75 Å². The number of benzene rings is 2. The van der Waals surface area contributed by atoms with Crippen LogP contribution < -0.4 is 10.4 Å². The van der Waals surface area contributed by atoms with Crippen molar-refractivity contribution in [3.63, 3.8) is 0 Å². The molecule has 6 nitrogen and oxygen atoms in total. The minimum absolute atomic E-state index is 0.393. The van der Waals surface area contributed by atoms with Gasteiger partial charge in [0.05, 0.1) is 6.04 Å². The second-order valence-electron chi connectivity index (χ2n) is 8.87. The molecule has 0 fully saturated rings. The average Bonchev–Trinajstić information content (AvgIpc) is 3.02. The number of carbonyl (C=O) groups is 1. The third-order valence-electron chi connectivity index (χ3n) is 6.87. The van der Waals surface area contributed by atoms with E-state index in [2.05, 4.69) is 0 Å². The smallest absolute Gasteiger partial charge is 0.408 e. The third-order valence-corrected chi connectivity index (χ3v) is 8.01. The molecule has 0 radical (unpaired) electrons. The number of thioether (sulfide) groups is 1. The minimum Gasteiger partial charge on any atom is -0.502 e. The predicted octanol–water partition coefficient (Wildman–Crippen LogP) is 4.81. The first-order chi connectivity index (χ1) is 17.1. The Kier molecular flexibility index (Phi) is 6.02. The van der Waals surface area contributed by atoms with Gasteiger partial charge >= 0.3 is 6.18 Å². The minimum atomic E-state index is -4.70. The molecule has 1 N–H and O–H groups in total. The molecule has 3 heterocycles. The molecule has 2 aliphatic heterocycles. The van der Waals surface area contributed by atoms with Crippen molar-refractivity contribution >= 4 is 17.7 Å². The molecule has 1 amide bonds. The Morgan fingerprint density at radius 1 is 1.11 bits per heavy atom. The first-order valence-electron chi connectivity index (χ1n) is 11.5. The maximum absolute atomic E-state index is 13.8. The van der Waals surface area contributed by atoms with Crippen LogP contribution in [0.1, 0.15) is 52.6 Å². The topological polar surface area (TPSA) is 65.8 Å². The fraction of sp³-hybridized carbons (Fsp3) is 0.308. The number of aromatic nitrogens is 1. The summed E-state index contributed by atoms with van der Waals surface area (Å²) in [5, 5.41) is 12.2. The van der Waals surface area contributed by atoms with Crippen LogP contribution in [-0.2, 0) is 12.2 Å². The molecule has 0 saturated carbocycles. The lowest BCUT2D eigenvalue weighted by Crippen LogP contribution is -2.60. The highest BCUT2D eigenvalue weighted by Gasteiger charge is 2.47. The van der Waals surface area contributed by atoms with Gasteiger partial charge in [-0.25, -0.2) is 0 Å². The van der Waals surface area contributed by atoms with E-state index in [1.165, 1.54) is 10.9 Å². The van der Waals surface area contributed by atoms with Crippen LogP contribution in [-0.4, -0.2) is 39.5 Å². The number of hydrogen-bond acceptors (Lipinski definition) is 5. The van der Waals surface area contributed by atoms with E-state index in [9.17, 15) is 27.9 Å². The molecule has 0 spiro atoms. The summed E-state index contributed by atoms with van der Waals surface area (Å²) in [6, 6.07) is 12.1. The van der Waals surface area contributed by atoms with Gasteiger partial charge in [-0.15, -0.1) is 11.8 Å². The van der Waals surface area contributed by atoms with Gasteiger partial charge in [0.25, 0.3) is 5.91 Å². The summed E-state index contributed by atoms with van der Waals surface area (Å²) < 4.78 is 42.9. The number of alkyl halides is 3. The summed E-state index contributed by atoms with van der Waals surface area (Å²) in [5.74, 6) is -1.24. The Hall–Kier alpha value is -3.40. The third kappa shape index (κ3) is 3.84. The zero-order valence-corrected chi connectivity index (χ0v) is 20.4. The molecule has 1 aromatic heterocycles. The quantitative estimate of drug-likeness (QED) is 0.542. The van der Waals surface area contributed by atoms with Gasteiger partial charge < -0.3 is 10.0 Å². The molecule has 10 heteroatoms. The van der Waals surface area contributed by atoms with E-state index in [0.717, 1.165) is 40.1 Å². The molecule has 0 aliphatic carbocycles. The van der Waals surface area contributed by atoms with E-state index in [1.807, 2.05) is 49.4 Å². The van der Waals surface area contributed by atoms with Gasteiger partial charge in [0, 0.05) is 22.9 Å². The highest BCUT2D eigenvalue weighted by Crippen LogP contribution is 2.44. The van der Waals surface area contributed by atoms with Gasteiger partial charge in [-0.1, -0.05) is 43.3 Å². The molecule has 2 aliphatic rings. The van der Waals surface area contributed by atoms with Gasteiger partial charge in [0.15, 0.2) is 11.4 Å².